The van der Waals surface area contributed by atoms with E-state index in [4.69, 9.17) is 10.00 Å². The summed E-state index contributed by atoms with van der Waals surface area (Å²) in [6.45, 7) is 1.69. The topological polar surface area (TPSA) is 116 Å². The molecule has 1 fully saturated rings. The summed E-state index contributed by atoms with van der Waals surface area (Å²) in [6, 6.07) is 4.22. The van der Waals surface area contributed by atoms with Gasteiger partial charge < -0.3 is 15.0 Å². The minimum absolute atomic E-state index is 0.0155. The van der Waals surface area contributed by atoms with Crippen molar-refractivity contribution in [3.05, 3.63) is 34.1 Å². The SMILES string of the molecule is COc1nc2c(cc1Nc1ncnc3sc4c(c13)CC[C@H](C(=O)N1CC(C#N)C1)C4)C=NC2. The third kappa shape index (κ3) is 3.31. The molecule has 0 spiro atoms. The van der Waals surface area contributed by atoms with Crippen molar-refractivity contribution in [3.8, 4) is 11.9 Å². The van der Waals surface area contributed by atoms with Crippen LogP contribution in [0.25, 0.3) is 10.2 Å². The lowest BCUT2D eigenvalue weighted by Gasteiger charge is -2.38. The van der Waals surface area contributed by atoms with Gasteiger partial charge in [-0.2, -0.15) is 5.26 Å². The molecule has 3 aromatic rings. The second-order valence-electron chi connectivity index (χ2n) is 8.59. The number of ether oxygens (including phenoxy) is 1. The van der Waals surface area contributed by atoms with Crippen molar-refractivity contribution in [3.63, 3.8) is 0 Å². The third-order valence-corrected chi connectivity index (χ3v) is 7.75. The Kier molecular flexibility index (Phi) is 4.73. The summed E-state index contributed by atoms with van der Waals surface area (Å²) in [6.07, 6.45) is 5.69. The van der Waals surface area contributed by atoms with Gasteiger partial charge in [-0.05, 0) is 30.9 Å². The monoisotopic (exact) mass is 459 g/mol. The van der Waals surface area contributed by atoms with Gasteiger partial charge in [0, 0.05) is 35.7 Å². The van der Waals surface area contributed by atoms with Crippen molar-refractivity contribution < 1.29 is 9.53 Å². The van der Waals surface area contributed by atoms with E-state index < -0.39 is 0 Å². The number of likely N-dealkylation sites (tertiary alicyclic amines) is 1. The number of aliphatic imine (C=N–C) groups is 1. The van der Waals surface area contributed by atoms with Crippen LogP contribution >= 0.6 is 11.3 Å². The van der Waals surface area contributed by atoms with Crippen molar-refractivity contribution in [2.24, 2.45) is 16.8 Å². The van der Waals surface area contributed by atoms with Gasteiger partial charge in [0.1, 0.15) is 22.7 Å². The molecule has 0 aromatic carbocycles. The Morgan fingerprint density at radius 2 is 2.24 bits per heavy atom. The predicted molar refractivity (Wildman–Crippen MR) is 124 cm³/mol. The highest BCUT2D eigenvalue weighted by Crippen LogP contribution is 2.42. The number of nitrogens with zero attached hydrogens (tertiary/aromatic N) is 6. The van der Waals surface area contributed by atoms with E-state index in [-0.39, 0.29) is 17.7 Å². The van der Waals surface area contributed by atoms with E-state index in [9.17, 15) is 4.79 Å². The van der Waals surface area contributed by atoms with Crippen LogP contribution in [0, 0.1) is 23.2 Å². The highest BCUT2D eigenvalue weighted by Gasteiger charge is 2.37. The first kappa shape index (κ1) is 20.1. The van der Waals surface area contributed by atoms with E-state index >= 15 is 0 Å². The molecular formula is C23H21N7O2S. The Morgan fingerprint density at radius 3 is 3.06 bits per heavy atom. The molecule has 2 aliphatic heterocycles. The summed E-state index contributed by atoms with van der Waals surface area (Å²) < 4.78 is 5.51. The Bertz CT molecular complexity index is 1350. The number of nitriles is 1. The molecule has 0 saturated carbocycles. The molecule has 0 unspecified atom stereocenters. The molecule has 3 aliphatic rings. The number of fused-ring (bicyclic) bond motifs is 4. The lowest BCUT2D eigenvalue weighted by Crippen LogP contribution is -2.52. The largest absolute Gasteiger partial charge is 0.480 e. The lowest BCUT2D eigenvalue weighted by molar-refractivity contribution is -0.141. The van der Waals surface area contributed by atoms with Gasteiger partial charge in [0.15, 0.2) is 0 Å². The zero-order valence-electron chi connectivity index (χ0n) is 18.0. The van der Waals surface area contributed by atoms with Crippen LogP contribution < -0.4 is 10.1 Å². The smallest absolute Gasteiger partial charge is 0.237 e. The fourth-order valence-electron chi connectivity index (χ4n) is 4.80. The van der Waals surface area contributed by atoms with Crippen LogP contribution in [0.15, 0.2) is 17.4 Å². The quantitative estimate of drug-likeness (QED) is 0.638. The molecule has 10 heteroatoms. The number of hydrogen-bond donors (Lipinski definition) is 1. The van der Waals surface area contributed by atoms with E-state index in [1.165, 1.54) is 10.4 Å². The third-order valence-electron chi connectivity index (χ3n) is 6.59. The van der Waals surface area contributed by atoms with Crippen molar-refractivity contribution in [2.75, 3.05) is 25.5 Å². The number of thiophene rings is 1. The molecule has 5 heterocycles. The van der Waals surface area contributed by atoms with E-state index in [1.54, 1.807) is 24.8 Å². The van der Waals surface area contributed by atoms with Crippen molar-refractivity contribution >= 4 is 45.2 Å². The maximum absolute atomic E-state index is 12.9. The highest BCUT2D eigenvalue weighted by molar-refractivity contribution is 7.19. The first-order valence-corrected chi connectivity index (χ1v) is 11.7. The minimum Gasteiger partial charge on any atom is -0.480 e. The van der Waals surface area contributed by atoms with Gasteiger partial charge in [0.25, 0.3) is 0 Å². The van der Waals surface area contributed by atoms with Crippen molar-refractivity contribution in [2.45, 2.75) is 25.8 Å². The molecule has 33 heavy (non-hydrogen) atoms. The Labute approximate surface area is 194 Å². The van der Waals surface area contributed by atoms with Crippen LogP contribution in [0.4, 0.5) is 11.5 Å². The second-order valence-corrected chi connectivity index (χ2v) is 9.67. The molecular weight excluding hydrogens is 438 g/mol. The summed E-state index contributed by atoms with van der Waals surface area (Å²) in [5, 5.41) is 13.4. The van der Waals surface area contributed by atoms with Gasteiger partial charge in [0.05, 0.1) is 36.7 Å². The van der Waals surface area contributed by atoms with Gasteiger partial charge >= 0.3 is 0 Å². The molecule has 0 radical (unpaired) electrons. The molecule has 6 rings (SSSR count). The van der Waals surface area contributed by atoms with Gasteiger partial charge in [-0.25, -0.2) is 15.0 Å². The number of rotatable bonds is 4. The average Bonchev–Trinajstić information content (AvgIpc) is 3.41. The molecule has 1 amide bonds. The first-order chi connectivity index (χ1) is 16.1. The number of aromatic nitrogens is 3. The van der Waals surface area contributed by atoms with Gasteiger partial charge in [-0.3, -0.25) is 9.79 Å². The number of hydrogen-bond acceptors (Lipinski definition) is 9. The van der Waals surface area contributed by atoms with Gasteiger partial charge in [-0.1, -0.05) is 0 Å². The molecule has 166 valence electrons. The van der Waals surface area contributed by atoms with E-state index in [0.29, 0.717) is 31.9 Å². The molecule has 1 aliphatic carbocycles. The number of pyridine rings is 1. The van der Waals surface area contributed by atoms with E-state index in [1.807, 2.05) is 17.2 Å². The minimum atomic E-state index is -0.0325. The molecule has 3 aromatic heterocycles. The predicted octanol–water partition coefficient (Wildman–Crippen LogP) is 2.86. The molecule has 1 N–H and O–H groups in total. The molecule has 0 bridgehead atoms. The second kappa shape index (κ2) is 7.78. The lowest BCUT2D eigenvalue weighted by atomic mass is 9.85. The summed E-state index contributed by atoms with van der Waals surface area (Å²) in [4.78, 5) is 34.7. The Hall–Kier alpha value is -3.58. The first-order valence-electron chi connectivity index (χ1n) is 10.9. The molecule has 1 atom stereocenters. The Morgan fingerprint density at radius 1 is 1.36 bits per heavy atom. The van der Waals surface area contributed by atoms with Gasteiger partial charge in [-0.15, -0.1) is 11.3 Å². The highest BCUT2D eigenvalue weighted by atomic mass is 32.1. The number of carbonyl (C=O) groups excluding carboxylic acids is 1. The van der Waals surface area contributed by atoms with Gasteiger partial charge in [0.2, 0.25) is 11.8 Å². The van der Waals surface area contributed by atoms with E-state index in [2.05, 4.69) is 31.3 Å². The van der Waals surface area contributed by atoms with Crippen molar-refractivity contribution in [1.29, 1.82) is 5.26 Å². The number of amides is 1. The fourth-order valence-corrected chi connectivity index (χ4v) is 6.07. The summed E-state index contributed by atoms with van der Waals surface area (Å²) in [7, 11) is 1.60. The summed E-state index contributed by atoms with van der Waals surface area (Å²) in [5.74, 6) is 1.35. The maximum atomic E-state index is 12.9. The Balaban J connectivity index is 1.30. The summed E-state index contributed by atoms with van der Waals surface area (Å²) >= 11 is 1.64. The molecule has 9 nitrogen and oxygen atoms in total. The zero-order chi connectivity index (χ0) is 22.5. The summed E-state index contributed by atoms with van der Waals surface area (Å²) in [5.41, 5.74) is 3.83. The van der Waals surface area contributed by atoms with Crippen LogP contribution in [-0.2, 0) is 24.2 Å². The molecule has 1 saturated heterocycles. The number of anilines is 2. The normalized spacial score (nSPS) is 19.0. The number of nitrogens with one attached hydrogen (secondary N) is 1. The van der Waals surface area contributed by atoms with Crippen LogP contribution in [0.3, 0.4) is 0 Å². The standard InChI is InChI=1S/C23H21N7O2S/c1-32-21-16(4-14-7-25-8-17(14)29-21)28-20-19-15-3-2-13(23(31)30-9-12(6-24)10-30)5-18(15)33-22(19)27-11-26-20/h4,7,11-13H,2-3,5,8-10H2,1H3,(H,26,27,28)/t13-/m0/s1. The fraction of sp³-hybridized carbons (Fsp3) is 0.391. The van der Waals surface area contributed by atoms with Crippen LogP contribution in [-0.4, -0.2) is 52.2 Å². The zero-order valence-corrected chi connectivity index (χ0v) is 18.9. The van der Waals surface area contributed by atoms with Crippen LogP contribution in [0.5, 0.6) is 5.88 Å². The number of carbonyl (C=O) groups is 1. The number of methoxy groups -OCH3 is 1. The van der Waals surface area contributed by atoms with E-state index in [0.717, 1.165) is 45.8 Å². The van der Waals surface area contributed by atoms with Crippen LogP contribution in [0.2, 0.25) is 0 Å². The number of aryl methyl sites for hydroxylation is 1. The van der Waals surface area contributed by atoms with Crippen LogP contribution in [0.1, 0.15) is 28.1 Å². The van der Waals surface area contributed by atoms with Crippen molar-refractivity contribution in [1.82, 2.24) is 19.9 Å². The maximum Gasteiger partial charge on any atom is 0.237 e. The average molecular weight is 460 g/mol.